The van der Waals surface area contributed by atoms with Crippen molar-refractivity contribution in [1.82, 2.24) is 0 Å². The summed E-state index contributed by atoms with van der Waals surface area (Å²) >= 11 is 0. The number of hydrogen-bond donors (Lipinski definition) is 0. The largest absolute Gasteiger partial charge is 0.491 e. The molecule has 0 heterocycles. The second-order valence-corrected chi connectivity index (χ2v) is 4.46. The number of aldehydes is 1. The van der Waals surface area contributed by atoms with Crippen LogP contribution in [0.25, 0.3) is 0 Å². The van der Waals surface area contributed by atoms with Gasteiger partial charge in [0.15, 0.2) is 0 Å². The predicted molar refractivity (Wildman–Crippen MR) is 70.7 cm³/mol. The lowest BCUT2D eigenvalue weighted by Gasteiger charge is -2.14. The Morgan fingerprint density at radius 2 is 1.88 bits per heavy atom. The molecule has 2 heteroatoms. The quantitative estimate of drug-likeness (QED) is 0.497. The van der Waals surface area contributed by atoms with Gasteiger partial charge in [0.2, 0.25) is 0 Å². The third-order valence-electron chi connectivity index (χ3n) is 2.82. The Hall–Kier alpha value is -1.31. The number of unbranched alkanes of at least 4 members (excludes halogenated alkanes) is 3. The molecule has 1 rings (SSSR count). The number of ether oxygens (including phenoxy) is 1. The Morgan fingerprint density at radius 1 is 1.18 bits per heavy atom. The fourth-order valence-corrected chi connectivity index (χ4v) is 1.77. The van der Waals surface area contributed by atoms with Crippen molar-refractivity contribution in [3.05, 3.63) is 29.8 Å². The molecule has 1 unspecified atom stereocenters. The van der Waals surface area contributed by atoms with Crippen LogP contribution in [-0.4, -0.2) is 12.4 Å². The second kappa shape index (κ2) is 7.88. The van der Waals surface area contributed by atoms with E-state index in [-0.39, 0.29) is 6.10 Å². The molecule has 17 heavy (non-hydrogen) atoms. The molecule has 0 bridgehead atoms. The molecule has 0 radical (unpaired) electrons. The average molecular weight is 234 g/mol. The zero-order valence-electron chi connectivity index (χ0n) is 10.8. The molecule has 1 aromatic rings. The van der Waals surface area contributed by atoms with Crippen LogP contribution < -0.4 is 4.74 Å². The summed E-state index contributed by atoms with van der Waals surface area (Å²) in [5.41, 5.74) is 0.688. The fraction of sp³-hybridized carbons (Fsp3) is 0.533. The first kappa shape index (κ1) is 13.8. The zero-order valence-corrected chi connectivity index (χ0v) is 10.8. The Balaban J connectivity index is 2.29. The van der Waals surface area contributed by atoms with E-state index in [4.69, 9.17) is 4.74 Å². The smallest absolute Gasteiger partial charge is 0.150 e. The van der Waals surface area contributed by atoms with Gasteiger partial charge in [-0.25, -0.2) is 0 Å². The number of carbonyl (C=O) groups excluding carboxylic acids is 1. The lowest BCUT2D eigenvalue weighted by molar-refractivity contribution is 0.112. The first-order valence-electron chi connectivity index (χ1n) is 6.48. The van der Waals surface area contributed by atoms with Crippen LogP contribution in [0.4, 0.5) is 0 Å². The Morgan fingerprint density at radius 3 is 2.47 bits per heavy atom. The molecule has 2 nitrogen and oxygen atoms in total. The highest BCUT2D eigenvalue weighted by Crippen LogP contribution is 2.15. The molecule has 94 valence electrons. The summed E-state index contributed by atoms with van der Waals surface area (Å²) in [6.07, 6.45) is 7.26. The van der Waals surface area contributed by atoms with Crippen LogP contribution in [0.2, 0.25) is 0 Å². The topological polar surface area (TPSA) is 26.3 Å². The number of hydrogen-bond acceptors (Lipinski definition) is 2. The van der Waals surface area contributed by atoms with Crippen molar-refractivity contribution in [3.63, 3.8) is 0 Å². The van der Waals surface area contributed by atoms with Crippen LogP contribution in [0.3, 0.4) is 0 Å². The molecule has 0 aliphatic heterocycles. The molecule has 0 saturated carbocycles. The summed E-state index contributed by atoms with van der Waals surface area (Å²) in [5, 5.41) is 0. The minimum absolute atomic E-state index is 0.244. The van der Waals surface area contributed by atoms with Crippen LogP contribution in [0.5, 0.6) is 5.75 Å². The van der Waals surface area contributed by atoms with E-state index in [2.05, 4.69) is 13.8 Å². The summed E-state index contributed by atoms with van der Waals surface area (Å²) in [5.74, 6) is 0.846. The molecule has 0 fully saturated rings. The molecule has 1 atom stereocenters. The van der Waals surface area contributed by atoms with Gasteiger partial charge >= 0.3 is 0 Å². The van der Waals surface area contributed by atoms with Crippen molar-refractivity contribution >= 4 is 6.29 Å². The van der Waals surface area contributed by atoms with Gasteiger partial charge in [-0.15, -0.1) is 0 Å². The molecule has 0 aliphatic rings. The highest BCUT2D eigenvalue weighted by molar-refractivity contribution is 5.74. The lowest BCUT2D eigenvalue weighted by Crippen LogP contribution is -2.11. The van der Waals surface area contributed by atoms with Gasteiger partial charge in [0.25, 0.3) is 0 Å². The summed E-state index contributed by atoms with van der Waals surface area (Å²) < 4.78 is 5.78. The summed E-state index contributed by atoms with van der Waals surface area (Å²) in [4.78, 5) is 10.5. The van der Waals surface area contributed by atoms with Gasteiger partial charge in [0, 0.05) is 5.56 Å². The average Bonchev–Trinajstić information content (AvgIpc) is 2.36. The van der Waals surface area contributed by atoms with Gasteiger partial charge in [0.05, 0.1) is 6.10 Å². The van der Waals surface area contributed by atoms with E-state index in [0.717, 1.165) is 18.5 Å². The third-order valence-corrected chi connectivity index (χ3v) is 2.82. The lowest BCUT2D eigenvalue weighted by atomic mass is 10.1. The van der Waals surface area contributed by atoms with Crippen molar-refractivity contribution < 1.29 is 9.53 Å². The van der Waals surface area contributed by atoms with Crippen molar-refractivity contribution in [2.24, 2.45) is 0 Å². The van der Waals surface area contributed by atoms with Crippen LogP contribution in [0.1, 0.15) is 56.3 Å². The summed E-state index contributed by atoms with van der Waals surface area (Å²) in [7, 11) is 0. The van der Waals surface area contributed by atoms with Crippen LogP contribution in [-0.2, 0) is 0 Å². The molecule has 0 saturated heterocycles. The Labute approximate surface area is 104 Å². The number of rotatable bonds is 8. The van der Waals surface area contributed by atoms with E-state index in [9.17, 15) is 4.79 Å². The first-order chi connectivity index (χ1) is 8.26. The SMILES string of the molecule is CCCCCCC(C)Oc1ccc(C=O)cc1. The van der Waals surface area contributed by atoms with Gasteiger partial charge in [-0.3, -0.25) is 4.79 Å². The first-order valence-corrected chi connectivity index (χ1v) is 6.48. The number of benzene rings is 1. The molecule has 0 spiro atoms. The fourth-order valence-electron chi connectivity index (χ4n) is 1.77. The maximum atomic E-state index is 10.5. The van der Waals surface area contributed by atoms with Crippen LogP contribution >= 0.6 is 0 Å². The van der Waals surface area contributed by atoms with Crippen molar-refractivity contribution in [1.29, 1.82) is 0 Å². The third kappa shape index (κ3) is 5.53. The van der Waals surface area contributed by atoms with Crippen molar-refractivity contribution in [2.75, 3.05) is 0 Å². The zero-order chi connectivity index (χ0) is 12.5. The van der Waals surface area contributed by atoms with Gasteiger partial charge in [-0.05, 0) is 44.0 Å². The summed E-state index contributed by atoms with van der Waals surface area (Å²) in [6.45, 7) is 4.31. The highest BCUT2D eigenvalue weighted by atomic mass is 16.5. The van der Waals surface area contributed by atoms with Crippen LogP contribution in [0.15, 0.2) is 24.3 Å². The second-order valence-electron chi connectivity index (χ2n) is 4.46. The van der Waals surface area contributed by atoms with Gasteiger partial charge in [-0.2, -0.15) is 0 Å². The molecule has 0 aliphatic carbocycles. The maximum absolute atomic E-state index is 10.5. The molecular formula is C15H22O2. The van der Waals surface area contributed by atoms with E-state index in [0.29, 0.717) is 5.56 Å². The number of carbonyl (C=O) groups is 1. The van der Waals surface area contributed by atoms with E-state index in [1.165, 1.54) is 25.7 Å². The normalized spacial score (nSPS) is 12.1. The minimum Gasteiger partial charge on any atom is -0.491 e. The Bertz CT molecular complexity index is 316. The minimum atomic E-state index is 0.244. The van der Waals surface area contributed by atoms with Crippen LogP contribution in [0, 0.1) is 0 Å². The monoisotopic (exact) mass is 234 g/mol. The molecule has 0 amide bonds. The van der Waals surface area contributed by atoms with Crippen molar-refractivity contribution in [2.45, 2.75) is 52.1 Å². The predicted octanol–water partition coefficient (Wildman–Crippen LogP) is 4.24. The maximum Gasteiger partial charge on any atom is 0.150 e. The van der Waals surface area contributed by atoms with Gasteiger partial charge in [-0.1, -0.05) is 26.2 Å². The molecular weight excluding hydrogens is 212 g/mol. The van der Waals surface area contributed by atoms with Gasteiger partial charge < -0.3 is 4.74 Å². The van der Waals surface area contributed by atoms with E-state index in [1.54, 1.807) is 12.1 Å². The van der Waals surface area contributed by atoms with Gasteiger partial charge in [0.1, 0.15) is 12.0 Å². The standard InChI is InChI=1S/C15H22O2/c1-3-4-5-6-7-13(2)17-15-10-8-14(12-16)9-11-15/h8-13H,3-7H2,1-2H3. The molecule has 0 aromatic heterocycles. The van der Waals surface area contributed by atoms with E-state index >= 15 is 0 Å². The summed E-state index contributed by atoms with van der Waals surface area (Å²) in [6, 6.07) is 7.27. The molecule has 1 aromatic carbocycles. The highest BCUT2D eigenvalue weighted by Gasteiger charge is 2.03. The molecule has 0 N–H and O–H groups in total. The Kier molecular flexibility index (Phi) is 6.38. The van der Waals surface area contributed by atoms with E-state index < -0.39 is 0 Å². The van der Waals surface area contributed by atoms with Crippen molar-refractivity contribution in [3.8, 4) is 5.75 Å². The van der Waals surface area contributed by atoms with E-state index in [1.807, 2.05) is 12.1 Å².